The van der Waals surface area contributed by atoms with Crippen LogP contribution in [0.25, 0.3) is 0 Å². The zero-order valence-corrected chi connectivity index (χ0v) is 11.3. The summed E-state index contributed by atoms with van der Waals surface area (Å²) >= 11 is 0. The summed E-state index contributed by atoms with van der Waals surface area (Å²) in [4.78, 5) is 0. The number of hydrogen-bond acceptors (Lipinski definition) is 1. The molecule has 0 fully saturated rings. The standard InChI is InChI=1S/C17H22O/c1-12(2)15-10-16(13(3)17(18)11-15)9-14-7-5-4-6-8-14/h4-8,15,17-18H,1,9-11H2,2-3H3/t15-,17-/m0/s1. The van der Waals surface area contributed by atoms with Crippen LogP contribution in [0.5, 0.6) is 0 Å². The molecule has 0 amide bonds. The van der Waals surface area contributed by atoms with Gasteiger partial charge in [-0.3, -0.25) is 0 Å². The van der Waals surface area contributed by atoms with Crippen molar-refractivity contribution < 1.29 is 5.11 Å². The Hall–Kier alpha value is -1.34. The lowest BCUT2D eigenvalue weighted by molar-refractivity contribution is 0.171. The van der Waals surface area contributed by atoms with Gasteiger partial charge in [0.2, 0.25) is 0 Å². The maximum absolute atomic E-state index is 10.1. The van der Waals surface area contributed by atoms with E-state index in [0.717, 1.165) is 24.8 Å². The molecule has 0 aromatic heterocycles. The van der Waals surface area contributed by atoms with E-state index in [-0.39, 0.29) is 6.10 Å². The van der Waals surface area contributed by atoms with E-state index in [4.69, 9.17) is 0 Å². The third-order valence-corrected chi connectivity index (χ3v) is 4.02. The Balaban J connectivity index is 2.19. The van der Waals surface area contributed by atoms with Gasteiger partial charge in [-0.25, -0.2) is 0 Å². The molecule has 1 aliphatic carbocycles. The Morgan fingerprint density at radius 1 is 1.33 bits per heavy atom. The minimum Gasteiger partial charge on any atom is -0.389 e. The van der Waals surface area contributed by atoms with Gasteiger partial charge in [0.05, 0.1) is 6.10 Å². The number of allylic oxidation sites excluding steroid dienone is 2. The van der Waals surface area contributed by atoms with Crippen molar-refractivity contribution in [3.63, 3.8) is 0 Å². The number of benzene rings is 1. The summed E-state index contributed by atoms with van der Waals surface area (Å²) in [6.45, 7) is 8.18. The molecule has 1 aromatic rings. The van der Waals surface area contributed by atoms with Gasteiger partial charge in [-0.05, 0) is 50.2 Å². The molecule has 2 atom stereocenters. The van der Waals surface area contributed by atoms with Crippen LogP contribution in [-0.2, 0) is 6.42 Å². The first-order valence-electron chi connectivity index (χ1n) is 6.64. The van der Waals surface area contributed by atoms with Gasteiger partial charge in [0.25, 0.3) is 0 Å². The highest BCUT2D eigenvalue weighted by molar-refractivity contribution is 5.29. The molecule has 0 saturated carbocycles. The van der Waals surface area contributed by atoms with Crippen LogP contribution in [0.15, 0.2) is 53.6 Å². The maximum atomic E-state index is 10.1. The van der Waals surface area contributed by atoms with Crippen LogP contribution in [0.3, 0.4) is 0 Å². The van der Waals surface area contributed by atoms with Crippen LogP contribution in [-0.4, -0.2) is 11.2 Å². The van der Waals surface area contributed by atoms with Crippen LogP contribution in [0, 0.1) is 5.92 Å². The molecular formula is C17H22O. The molecule has 1 aliphatic rings. The maximum Gasteiger partial charge on any atom is 0.0756 e. The number of aliphatic hydroxyl groups excluding tert-OH is 1. The molecule has 1 heteroatoms. The second kappa shape index (κ2) is 5.53. The van der Waals surface area contributed by atoms with Gasteiger partial charge in [-0.2, -0.15) is 0 Å². The van der Waals surface area contributed by atoms with Crippen LogP contribution in [0.4, 0.5) is 0 Å². The molecule has 1 nitrogen and oxygen atoms in total. The minimum absolute atomic E-state index is 0.292. The zero-order valence-electron chi connectivity index (χ0n) is 11.3. The van der Waals surface area contributed by atoms with Gasteiger partial charge < -0.3 is 5.11 Å². The Morgan fingerprint density at radius 3 is 2.61 bits per heavy atom. The van der Waals surface area contributed by atoms with E-state index in [1.54, 1.807) is 0 Å². The molecule has 0 aliphatic heterocycles. The van der Waals surface area contributed by atoms with Crippen molar-refractivity contribution in [3.05, 3.63) is 59.2 Å². The second-order valence-electron chi connectivity index (χ2n) is 5.45. The van der Waals surface area contributed by atoms with Crippen LogP contribution >= 0.6 is 0 Å². The molecule has 1 N–H and O–H groups in total. The average Bonchev–Trinajstić information content (AvgIpc) is 2.35. The van der Waals surface area contributed by atoms with Gasteiger partial charge in [0, 0.05) is 0 Å². The first kappa shape index (κ1) is 13.1. The molecule has 2 rings (SSSR count). The fourth-order valence-electron chi connectivity index (χ4n) is 2.65. The highest BCUT2D eigenvalue weighted by Gasteiger charge is 2.25. The third kappa shape index (κ3) is 2.91. The molecule has 0 saturated heterocycles. The molecule has 0 spiro atoms. The summed E-state index contributed by atoms with van der Waals surface area (Å²) in [6, 6.07) is 10.5. The predicted molar refractivity (Wildman–Crippen MR) is 76.4 cm³/mol. The number of rotatable bonds is 3. The lowest BCUT2D eigenvalue weighted by atomic mass is 9.78. The fourth-order valence-corrected chi connectivity index (χ4v) is 2.65. The van der Waals surface area contributed by atoms with Crippen molar-refractivity contribution in [2.24, 2.45) is 5.92 Å². The fraction of sp³-hybridized carbons (Fsp3) is 0.412. The van der Waals surface area contributed by atoms with E-state index in [9.17, 15) is 5.11 Å². The third-order valence-electron chi connectivity index (χ3n) is 4.02. The van der Waals surface area contributed by atoms with Crippen molar-refractivity contribution >= 4 is 0 Å². The summed E-state index contributed by atoms with van der Waals surface area (Å²) in [5.41, 5.74) is 5.05. The topological polar surface area (TPSA) is 20.2 Å². The Labute approximate surface area is 110 Å². The Kier molecular flexibility index (Phi) is 4.03. The molecule has 0 radical (unpaired) electrons. The Bertz CT molecular complexity index is 456. The summed E-state index contributed by atoms with van der Waals surface area (Å²) in [5.74, 6) is 0.433. The highest BCUT2D eigenvalue weighted by Crippen LogP contribution is 2.34. The van der Waals surface area contributed by atoms with Gasteiger partial charge in [0.1, 0.15) is 0 Å². The molecule has 96 valence electrons. The summed E-state index contributed by atoms with van der Waals surface area (Å²) in [6.07, 6.45) is 2.54. The van der Waals surface area contributed by atoms with Gasteiger partial charge >= 0.3 is 0 Å². The summed E-state index contributed by atoms with van der Waals surface area (Å²) < 4.78 is 0. The molecule has 18 heavy (non-hydrogen) atoms. The molecule has 0 unspecified atom stereocenters. The minimum atomic E-state index is -0.292. The van der Waals surface area contributed by atoms with E-state index in [0.29, 0.717) is 5.92 Å². The second-order valence-corrected chi connectivity index (χ2v) is 5.45. The average molecular weight is 242 g/mol. The lowest BCUT2D eigenvalue weighted by Gasteiger charge is -2.30. The first-order valence-corrected chi connectivity index (χ1v) is 6.64. The van der Waals surface area contributed by atoms with Gasteiger partial charge in [-0.15, -0.1) is 0 Å². The molecule has 0 bridgehead atoms. The van der Waals surface area contributed by atoms with Crippen molar-refractivity contribution in [2.45, 2.75) is 39.2 Å². The zero-order chi connectivity index (χ0) is 13.1. The van der Waals surface area contributed by atoms with Crippen molar-refractivity contribution in [2.75, 3.05) is 0 Å². The van der Waals surface area contributed by atoms with E-state index in [1.165, 1.54) is 16.7 Å². The first-order chi connectivity index (χ1) is 8.58. The quantitative estimate of drug-likeness (QED) is 0.797. The monoisotopic (exact) mass is 242 g/mol. The summed E-state index contributed by atoms with van der Waals surface area (Å²) in [7, 11) is 0. The van der Waals surface area contributed by atoms with E-state index >= 15 is 0 Å². The summed E-state index contributed by atoms with van der Waals surface area (Å²) in [5, 5.41) is 10.1. The number of hydrogen-bond donors (Lipinski definition) is 1. The van der Waals surface area contributed by atoms with Crippen LogP contribution < -0.4 is 0 Å². The van der Waals surface area contributed by atoms with Gasteiger partial charge in [0.15, 0.2) is 0 Å². The van der Waals surface area contributed by atoms with Gasteiger partial charge in [-0.1, -0.05) is 48.1 Å². The Morgan fingerprint density at radius 2 is 2.00 bits per heavy atom. The predicted octanol–water partition coefficient (Wildman–Crippen LogP) is 3.89. The van der Waals surface area contributed by atoms with Crippen LogP contribution in [0.1, 0.15) is 32.3 Å². The smallest absolute Gasteiger partial charge is 0.0756 e. The lowest BCUT2D eigenvalue weighted by Crippen LogP contribution is -2.23. The van der Waals surface area contributed by atoms with Crippen molar-refractivity contribution in [1.82, 2.24) is 0 Å². The SMILES string of the molecule is C=C(C)[C@H]1CC(Cc2ccccc2)=C(C)[C@@H](O)C1. The van der Waals surface area contributed by atoms with Crippen molar-refractivity contribution in [3.8, 4) is 0 Å². The molecular weight excluding hydrogens is 220 g/mol. The van der Waals surface area contributed by atoms with Crippen molar-refractivity contribution in [1.29, 1.82) is 0 Å². The van der Waals surface area contributed by atoms with E-state index < -0.39 is 0 Å². The van der Waals surface area contributed by atoms with Crippen LogP contribution in [0.2, 0.25) is 0 Å². The molecule has 1 aromatic carbocycles. The molecule has 0 heterocycles. The normalized spacial score (nSPS) is 24.2. The largest absolute Gasteiger partial charge is 0.389 e. The highest BCUT2D eigenvalue weighted by atomic mass is 16.3. The number of aliphatic hydroxyl groups is 1. The van der Waals surface area contributed by atoms with E-state index in [1.807, 2.05) is 6.07 Å². The van der Waals surface area contributed by atoms with E-state index in [2.05, 4.69) is 44.7 Å².